The molecule has 0 bridgehead atoms. The minimum absolute atomic E-state index is 0.0557. The number of piperidine rings is 1. The van der Waals surface area contributed by atoms with Crippen LogP contribution in [0.2, 0.25) is 0 Å². The van der Waals surface area contributed by atoms with Gasteiger partial charge in [0.2, 0.25) is 5.91 Å². The van der Waals surface area contributed by atoms with Crippen LogP contribution in [0.15, 0.2) is 67.1 Å². The van der Waals surface area contributed by atoms with Crippen molar-refractivity contribution in [2.75, 3.05) is 19.6 Å². The van der Waals surface area contributed by atoms with Crippen molar-refractivity contribution in [3.63, 3.8) is 0 Å². The molecule has 1 aromatic heterocycles. The van der Waals surface area contributed by atoms with Gasteiger partial charge in [-0.3, -0.25) is 14.6 Å². The summed E-state index contributed by atoms with van der Waals surface area (Å²) in [5.74, 6) is -0.541. The molecule has 0 aliphatic carbocycles. The number of benzene rings is 2. The molecule has 2 amide bonds. The Balaban J connectivity index is 1.59. The summed E-state index contributed by atoms with van der Waals surface area (Å²) >= 11 is 0. The van der Waals surface area contributed by atoms with E-state index in [1.54, 1.807) is 23.1 Å². The van der Waals surface area contributed by atoms with E-state index >= 15 is 0 Å². The molecule has 2 heterocycles. The summed E-state index contributed by atoms with van der Waals surface area (Å²) in [6, 6.07) is 14.3. The lowest BCUT2D eigenvalue weighted by molar-refractivity contribution is -0.133. The summed E-state index contributed by atoms with van der Waals surface area (Å²) in [6.45, 7) is 3.29. The van der Waals surface area contributed by atoms with Crippen molar-refractivity contribution < 1.29 is 14.0 Å². The SMILES string of the molecule is CCNC(=O)[C@]1(Cc2ccc(-c3ccccc3F)cc2)CCCN(C(=O)c2cnccn2)C1. The number of nitrogens with one attached hydrogen (secondary N) is 1. The number of amides is 2. The first kappa shape index (κ1) is 22.6. The number of aromatic nitrogens is 2. The number of hydrogen-bond donors (Lipinski definition) is 1. The molecule has 1 aliphatic heterocycles. The van der Waals surface area contributed by atoms with Gasteiger partial charge in [-0.05, 0) is 43.4 Å². The Bertz CT molecular complexity index is 1120. The van der Waals surface area contributed by atoms with Gasteiger partial charge in [0.1, 0.15) is 11.5 Å². The lowest BCUT2D eigenvalue weighted by Crippen LogP contribution is -2.54. The van der Waals surface area contributed by atoms with E-state index in [4.69, 9.17) is 0 Å². The molecule has 7 heteroatoms. The van der Waals surface area contributed by atoms with Crippen molar-refractivity contribution in [1.29, 1.82) is 0 Å². The van der Waals surface area contributed by atoms with Gasteiger partial charge in [-0.15, -0.1) is 0 Å². The Hall–Kier alpha value is -3.61. The normalized spacial score (nSPS) is 18.1. The van der Waals surface area contributed by atoms with Crippen LogP contribution in [-0.2, 0) is 11.2 Å². The minimum Gasteiger partial charge on any atom is -0.356 e. The molecule has 3 aromatic rings. The van der Waals surface area contributed by atoms with Gasteiger partial charge < -0.3 is 10.2 Å². The van der Waals surface area contributed by atoms with Crippen molar-refractivity contribution in [2.45, 2.75) is 26.2 Å². The van der Waals surface area contributed by atoms with Gasteiger partial charge in [-0.25, -0.2) is 9.37 Å². The summed E-state index contributed by atoms with van der Waals surface area (Å²) < 4.78 is 14.2. The monoisotopic (exact) mass is 446 g/mol. The topological polar surface area (TPSA) is 75.2 Å². The second-order valence-corrected chi connectivity index (χ2v) is 8.41. The molecule has 6 nitrogen and oxygen atoms in total. The maximum absolute atomic E-state index is 14.2. The number of likely N-dealkylation sites (tertiary alicyclic amines) is 1. The average molecular weight is 447 g/mol. The third-order valence-electron chi connectivity index (χ3n) is 6.15. The van der Waals surface area contributed by atoms with E-state index in [0.29, 0.717) is 38.0 Å². The maximum atomic E-state index is 14.2. The summed E-state index contributed by atoms with van der Waals surface area (Å²) in [6.07, 6.45) is 6.35. The average Bonchev–Trinajstić information content (AvgIpc) is 2.85. The highest BCUT2D eigenvalue weighted by Gasteiger charge is 2.43. The first-order valence-electron chi connectivity index (χ1n) is 11.2. The van der Waals surface area contributed by atoms with Gasteiger partial charge in [0, 0.05) is 37.6 Å². The van der Waals surface area contributed by atoms with Crippen LogP contribution in [0.25, 0.3) is 11.1 Å². The van der Waals surface area contributed by atoms with Crippen LogP contribution in [0.5, 0.6) is 0 Å². The quantitative estimate of drug-likeness (QED) is 0.624. The molecule has 1 atom stereocenters. The second kappa shape index (κ2) is 9.90. The molecule has 4 rings (SSSR count). The lowest BCUT2D eigenvalue weighted by Gasteiger charge is -2.41. The van der Waals surface area contributed by atoms with Crippen LogP contribution in [0.4, 0.5) is 4.39 Å². The van der Waals surface area contributed by atoms with Crippen molar-refractivity contribution in [2.24, 2.45) is 5.41 Å². The second-order valence-electron chi connectivity index (χ2n) is 8.41. The van der Waals surface area contributed by atoms with Crippen LogP contribution in [0, 0.1) is 11.2 Å². The van der Waals surface area contributed by atoms with Crippen LogP contribution in [0.1, 0.15) is 35.8 Å². The van der Waals surface area contributed by atoms with E-state index in [9.17, 15) is 14.0 Å². The van der Waals surface area contributed by atoms with Gasteiger partial charge in [0.15, 0.2) is 0 Å². The molecule has 0 spiro atoms. The smallest absolute Gasteiger partial charge is 0.274 e. The molecule has 0 unspecified atom stereocenters. The molecular formula is C26H27FN4O2. The Morgan fingerprint density at radius 1 is 1.12 bits per heavy atom. The van der Waals surface area contributed by atoms with E-state index in [2.05, 4.69) is 15.3 Å². The number of rotatable bonds is 6. The Morgan fingerprint density at radius 3 is 2.61 bits per heavy atom. The van der Waals surface area contributed by atoms with Crippen molar-refractivity contribution in [3.8, 4) is 11.1 Å². The first-order valence-corrected chi connectivity index (χ1v) is 11.2. The molecule has 1 fully saturated rings. The standard InChI is InChI=1S/C26H27FN4O2/c1-2-29-25(33)26(12-5-15-31(18-26)24(32)23-17-28-13-14-30-23)16-19-8-10-20(11-9-19)21-6-3-4-7-22(21)27/h3-4,6-11,13-14,17H,2,5,12,15-16,18H2,1H3,(H,29,33)/t26-/m0/s1. The molecule has 2 aromatic carbocycles. The maximum Gasteiger partial charge on any atom is 0.274 e. The highest BCUT2D eigenvalue weighted by atomic mass is 19.1. The predicted octanol–water partition coefficient (Wildman–Crippen LogP) is 3.88. The fourth-order valence-electron chi connectivity index (χ4n) is 4.52. The van der Waals surface area contributed by atoms with Gasteiger partial charge in [-0.2, -0.15) is 0 Å². The number of carbonyl (C=O) groups is 2. The first-order chi connectivity index (χ1) is 16.0. The fourth-order valence-corrected chi connectivity index (χ4v) is 4.52. The minimum atomic E-state index is -0.744. The van der Waals surface area contributed by atoms with Crippen LogP contribution < -0.4 is 5.32 Å². The molecular weight excluding hydrogens is 419 g/mol. The number of carbonyl (C=O) groups excluding carboxylic acids is 2. The zero-order chi connectivity index (χ0) is 23.3. The zero-order valence-electron chi connectivity index (χ0n) is 18.6. The molecule has 33 heavy (non-hydrogen) atoms. The third-order valence-corrected chi connectivity index (χ3v) is 6.15. The van der Waals surface area contributed by atoms with Gasteiger partial charge in [0.05, 0.1) is 11.6 Å². The molecule has 0 radical (unpaired) electrons. The summed E-state index contributed by atoms with van der Waals surface area (Å²) in [7, 11) is 0. The van der Waals surface area contributed by atoms with Gasteiger partial charge >= 0.3 is 0 Å². The van der Waals surface area contributed by atoms with Gasteiger partial charge in [-0.1, -0.05) is 42.5 Å². The predicted molar refractivity (Wildman–Crippen MR) is 124 cm³/mol. The van der Waals surface area contributed by atoms with E-state index < -0.39 is 5.41 Å². The van der Waals surface area contributed by atoms with Crippen LogP contribution in [0.3, 0.4) is 0 Å². The fraction of sp³-hybridized carbons (Fsp3) is 0.308. The van der Waals surface area contributed by atoms with Crippen molar-refractivity contribution in [3.05, 3.63) is 84.2 Å². The number of halogens is 1. The zero-order valence-corrected chi connectivity index (χ0v) is 18.6. The van der Waals surface area contributed by atoms with E-state index in [0.717, 1.165) is 17.5 Å². The van der Waals surface area contributed by atoms with Crippen molar-refractivity contribution in [1.82, 2.24) is 20.2 Å². The highest BCUT2D eigenvalue weighted by Crippen LogP contribution is 2.35. The van der Waals surface area contributed by atoms with E-state index in [1.807, 2.05) is 31.2 Å². The van der Waals surface area contributed by atoms with Crippen LogP contribution >= 0.6 is 0 Å². The van der Waals surface area contributed by atoms with E-state index in [-0.39, 0.29) is 23.3 Å². The van der Waals surface area contributed by atoms with Crippen LogP contribution in [-0.4, -0.2) is 46.3 Å². The summed E-state index contributed by atoms with van der Waals surface area (Å²) in [4.78, 5) is 36.1. The molecule has 1 aliphatic rings. The largest absolute Gasteiger partial charge is 0.356 e. The van der Waals surface area contributed by atoms with Crippen molar-refractivity contribution >= 4 is 11.8 Å². The van der Waals surface area contributed by atoms with E-state index in [1.165, 1.54) is 24.7 Å². The molecule has 1 N–H and O–H groups in total. The Labute approximate surface area is 192 Å². The lowest BCUT2D eigenvalue weighted by atomic mass is 9.74. The Morgan fingerprint density at radius 2 is 1.91 bits per heavy atom. The number of nitrogens with zero attached hydrogens (tertiary/aromatic N) is 3. The summed E-state index contributed by atoms with van der Waals surface area (Å²) in [5, 5.41) is 2.97. The summed E-state index contributed by atoms with van der Waals surface area (Å²) in [5.41, 5.74) is 1.83. The highest BCUT2D eigenvalue weighted by molar-refractivity contribution is 5.93. The third kappa shape index (κ3) is 4.92. The molecule has 1 saturated heterocycles. The Kier molecular flexibility index (Phi) is 6.77. The number of hydrogen-bond acceptors (Lipinski definition) is 4. The van der Waals surface area contributed by atoms with Gasteiger partial charge in [0.25, 0.3) is 5.91 Å². The molecule has 0 saturated carbocycles. The molecule has 170 valence electrons.